The predicted octanol–water partition coefficient (Wildman–Crippen LogP) is 2.55. The zero-order valence-corrected chi connectivity index (χ0v) is 19.3. The number of benzene rings is 1. The van der Waals surface area contributed by atoms with Crippen LogP contribution in [0.25, 0.3) is 0 Å². The van der Waals surface area contributed by atoms with E-state index in [0.29, 0.717) is 37.1 Å². The summed E-state index contributed by atoms with van der Waals surface area (Å²) in [6, 6.07) is 5.90. The van der Waals surface area contributed by atoms with Gasteiger partial charge in [0, 0.05) is 32.4 Å². The summed E-state index contributed by atoms with van der Waals surface area (Å²) in [5.74, 6) is 0.532. The Morgan fingerprint density at radius 2 is 2.09 bits per heavy atom. The second-order valence-electron chi connectivity index (χ2n) is 9.45. The van der Waals surface area contributed by atoms with Crippen molar-refractivity contribution >= 4 is 11.8 Å². The minimum Gasteiger partial charge on any atom is -0.354 e. The topological polar surface area (TPSA) is 84.3 Å². The Bertz CT molecular complexity index is 1110. The third-order valence-electron chi connectivity index (χ3n) is 6.36. The van der Waals surface area contributed by atoms with Gasteiger partial charge in [-0.2, -0.15) is 0 Å². The molecule has 0 radical (unpaired) electrons. The summed E-state index contributed by atoms with van der Waals surface area (Å²) in [4.78, 5) is 44.9. The molecule has 8 heteroatoms. The van der Waals surface area contributed by atoms with Crippen LogP contribution in [0.5, 0.6) is 0 Å². The van der Waals surface area contributed by atoms with Crippen molar-refractivity contribution in [2.75, 3.05) is 13.1 Å². The number of aromatic nitrogens is 2. The van der Waals surface area contributed by atoms with E-state index in [2.05, 4.69) is 5.32 Å². The number of aryl methyl sites for hydroxylation is 1. The molecule has 0 fully saturated rings. The van der Waals surface area contributed by atoms with Crippen LogP contribution >= 0.6 is 0 Å². The Hall–Kier alpha value is -3.03. The molecule has 1 aromatic carbocycles. The zero-order chi connectivity index (χ0) is 23.5. The second-order valence-corrected chi connectivity index (χ2v) is 9.45. The van der Waals surface area contributed by atoms with Crippen LogP contribution < -0.4 is 10.9 Å². The molecule has 0 bridgehead atoms. The number of nitrogens with one attached hydrogen (secondary N) is 1. The van der Waals surface area contributed by atoms with E-state index in [-0.39, 0.29) is 48.1 Å². The average Bonchev–Trinajstić information content (AvgIpc) is 2.77. The average molecular weight is 455 g/mol. The Kier molecular flexibility index (Phi) is 6.91. The van der Waals surface area contributed by atoms with E-state index in [0.717, 1.165) is 30.8 Å². The van der Waals surface area contributed by atoms with Crippen LogP contribution in [-0.2, 0) is 35.4 Å². The van der Waals surface area contributed by atoms with Gasteiger partial charge >= 0.3 is 0 Å². The first-order valence-electron chi connectivity index (χ1n) is 11.7. The van der Waals surface area contributed by atoms with E-state index in [4.69, 9.17) is 4.98 Å². The summed E-state index contributed by atoms with van der Waals surface area (Å²) < 4.78 is 15.2. The number of rotatable bonds is 6. The molecule has 3 heterocycles. The molecule has 1 aromatic heterocycles. The third-order valence-corrected chi connectivity index (χ3v) is 6.36. The highest BCUT2D eigenvalue weighted by Crippen LogP contribution is 2.24. The highest BCUT2D eigenvalue weighted by Gasteiger charge is 2.30. The molecule has 176 valence electrons. The molecule has 0 saturated carbocycles. The van der Waals surface area contributed by atoms with Gasteiger partial charge in [-0.25, -0.2) is 9.37 Å². The number of amides is 2. The lowest BCUT2D eigenvalue weighted by Crippen LogP contribution is -2.45. The maximum absolute atomic E-state index is 13.5. The van der Waals surface area contributed by atoms with Gasteiger partial charge in [0.1, 0.15) is 11.6 Å². The van der Waals surface area contributed by atoms with Gasteiger partial charge < -0.3 is 10.2 Å². The first-order chi connectivity index (χ1) is 15.8. The minimum atomic E-state index is -0.370. The normalized spacial score (nSPS) is 17.5. The van der Waals surface area contributed by atoms with E-state index in [1.807, 2.05) is 13.8 Å². The SMILES string of the molecule is CC(C)CC(=O)NCC1CCCc2nc3c(c(=O)n21)CN(C(=O)Cc1cccc(F)c1)CC3. The highest BCUT2D eigenvalue weighted by atomic mass is 19.1. The molecule has 7 nitrogen and oxygen atoms in total. The standard InChI is InChI=1S/C25H31FN4O3/c1-16(2)11-23(31)27-14-19-7-4-8-22-28-21-9-10-29(15-20(21)25(33)30(19)22)24(32)13-17-5-3-6-18(26)12-17/h3,5-6,12,16,19H,4,7-11,13-15H2,1-2H3,(H,27,31). The van der Waals surface area contributed by atoms with Gasteiger partial charge in [-0.05, 0) is 36.5 Å². The smallest absolute Gasteiger partial charge is 0.259 e. The molecule has 0 saturated heterocycles. The van der Waals surface area contributed by atoms with Crippen molar-refractivity contribution in [2.24, 2.45) is 5.92 Å². The Morgan fingerprint density at radius 1 is 1.27 bits per heavy atom. The van der Waals surface area contributed by atoms with E-state index in [1.165, 1.54) is 12.1 Å². The van der Waals surface area contributed by atoms with E-state index < -0.39 is 0 Å². The fourth-order valence-electron chi connectivity index (χ4n) is 4.73. The molecule has 2 aliphatic rings. The van der Waals surface area contributed by atoms with Crippen LogP contribution in [0, 0.1) is 11.7 Å². The Balaban J connectivity index is 1.52. The summed E-state index contributed by atoms with van der Waals surface area (Å²) in [5.41, 5.74) is 1.83. The zero-order valence-electron chi connectivity index (χ0n) is 19.3. The van der Waals surface area contributed by atoms with Crippen molar-refractivity contribution in [1.29, 1.82) is 0 Å². The molecule has 1 N–H and O–H groups in total. The van der Waals surface area contributed by atoms with Crippen LogP contribution in [-0.4, -0.2) is 39.4 Å². The molecule has 1 unspecified atom stereocenters. The molecular formula is C25H31FN4O3. The molecule has 2 aliphatic heterocycles. The monoisotopic (exact) mass is 454 g/mol. The lowest BCUT2D eigenvalue weighted by molar-refractivity contribution is -0.131. The van der Waals surface area contributed by atoms with Crippen LogP contribution in [0.15, 0.2) is 29.1 Å². The predicted molar refractivity (Wildman–Crippen MR) is 122 cm³/mol. The van der Waals surface area contributed by atoms with Gasteiger partial charge in [-0.1, -0.05) is 26.0 Å². The molecule has 0 aliphatic carbocycles. The molecule has 33 heavy (non-hydrogen) atoms. The first-order valence-corrected chi connectivity index (χ1v) is 11.7. The van der Waals surface area contributed by atoms with Crippen LogP contribution in [0.3, 0.4) is 0 Å². The van der Waals surface area contributed by atoms with E-state index in [1.54, 1.807) is 21.6 Å². The molecule has 2 amide bonds. The summed E-state index contributed by atoms with van der Waals surface area (Å²) in [6.07, 6.45) is 3.55. The molecular weight excluding hydrogens is 423 g/mol. The van der Waals surface area contributed by atoms with Crippen molar-refractivity contribution in [1.82, 2.24) is 19.8 Å². The van der Waals surface area contributed by atoms with Gasteiger partial charge in [-0.15, -0.1) is 0 Å². The number of hydrogen-bond donors (Lipinski definition) is 1. The van der Waals surface area contributed by atoms with Crippen LogP contribution in [0.2, 0.25) is 0 Å². The van der Waals surface area contributed by atoms with Crippen LogP contribution in [0.4, 0.5) is 4.39 Å². The van der Waals surface area contributed by atoms with Gasteiger partial charge in [0.15, 0.2) is 0 Å². The summed E-state index contributed by atoms with van der Waals surface area (Å²) >= 11 is 0. The van der Waals surface area contributed by atoms with Crippen molar-refractivity contribution in [3.8, 4) is 0 Å². The number of fused-ring (bicyclic) bond motifs is 2. The number of carbonyl (C=O) groups excluding carboxylic acids is 2. The largest absolute Gasteiger partial charge is 0.354 e. The lowest BCUT2D eigenvalue weighted by Gasteiger charge is -2.32. The summed E-state index contributed by atoms with van der Waals surface area (Å²) in [5, 5.41) is 2.97. The first kappa shape index (κ1) is 23.1. The third kappa shape index (κ3) is 5.31. The van der Waals surface area contributed by atoms with Crippen molar-refractivity contribution in [2.45, 2.75) is 65.0 Å². The van der Waals surface area contributed by atoms with Gasteiger partial charge in [-0.3, -0.25) is 19.0 Å². The maximum Gasteiger partial charge on any atom is 0.259 e. The quantitative estimate of drug-likeness (QED) is 0.727. The Morgan fingerprint density at radius 3 is 2.85 bits per heavy atom. The number of nitrogens with zero attached hydrogens (tertiary/aromatic N) is 3. The van der Waals surface area contributed by atoms with Crippen LogP contribution in [0.1, 0.15) is 61.8 Å². The summed E-state index contributed by atoms with van der Waals surface area (Å²) in [6.45, 7) is 5.10. The van der Waals surface area contributed by atoms with E-state index >= 15 is 0 Å². The van der Waals surface area contributed by atoms with Gasteiger partial charge in [0.05, 0.1) is 30.3 Å². The van der Waals surface area contributed by atoms with Gasteiger partial charge in [0.2, 0.25) is 11.8 Å². The molecule has 4 rings (SSSR count). The van der Waals surface area contributed by atoms with Gasteiger partial charge in [0.25, 0.3) is 5.56 Å². The number of halogens is 1. The number of hydrogen-bond acceptors (Lipinski definition) is 4. The number of carbonyl (C=O) groups is 2. The van der Waals surface area contributed by atoms with Crippen molar-refractivity contribution < 1.29 is 14.0 Å². The van der Waals surface area contributed by atoms with Crippen molar-refractivity contribution in [3.63, 3.8) is 0 Å². The maximum atomic E-state index is 13.5. The second kappa shape index (κ2) is 9.85. The molecule has 0 spiro atoms. The van der Waals surface area contributed by atoms with E-state index in [9.17, 15) is 18.8 Å². The summed E-state index contributed by atoms with van der Waals surface area (Å²) in [7, 11) is 0. The molecule has 2 aromatic rings. The fourth-order valence-corrected chi connectivity index (χ4v) is 4.73. The van der Waals surface area contributed by atoms with Crippen molar-refractivity contribution in [3.05, 3.63) is 63.1 Å². The highest BCUT2D eigenvalue weighted by molar-refractivity contribution is 5.79. The minimum absolute atomic E-state index is 0.00906. The Labute approximate surface area is 193 Å². The fraction of sp³-hybridized carbons (Fsp3) is 0.520. The lowest BCUT2D eigenvalue weighted by atomic mass is 10.00. The molecule has 1 atom stereocenters.